The number of piperidine rings is 2. The van der Waals surface area contributed by atoms with Crippen molar-refractivity contribution < 1.29 is 13.6 Å². The Hall–Kier alpha value is -5.75. The van der Waals surface area contributed by atoms with Gasteiger partial charge in [-0.15, -0.1) is 45.2 Å². The first-order valence-corrected chi connectivity index (χ1v) is 20.7. The summed E-state index contributed by atoms with van der Waals surface area (Å²) in [5.41, 5.74) is 9.38. The van der Waals surface area contributed by atoms with Crippen molar-refractivity contribution in [3.8, 4) is 22.5 Å². The van der Waals surface area contributed by atoms with E-state index in [9.17, 15) is 4.39 Å². The third-order valence-electron chi connectivity index (χ3n) is 11.2. The van der Waals surface area contributed by atoms with Gasteiger partial charge >= 0.3 is 0 Å². The summed E-state index contributed by atoms with van der Waals surface area (Å²) in [6, 6.07) is 10.4. The topological polar surface area (TPSA) is 170 Å². The van der Waals surface area contributed by atoms with Crippen molar-refractivity contribution in [1.29, 1.82) is 0 Å². The first kappa shape index (κ1) is 46.7. The number of imidazole rings is 2. The quantitative estimate of drug-likeness (QED) is 0.167. The predicted octanol–water partition coefficient (Wildman–Crippen LogP) is 7.70. The van der Waals surface area contributed by atoms with Crippen LogP contribution in [0, 0.1) is 39.3 Å². The maximum absolute atomic E-state index is 15.0. The van der Waals surface area contributed by atoms with Crippen LogP contribution in [0.4, 0.5) is 8.78 Å². The van der Waals surface area contributed by atoms with Crippen molar-refractivity contribution in [2.24, 2.45) is 0 Å². The van der Waals surface area contributed by atoms with Crippen LogP contribution < -0.4 is 5.32 Å². The highest BCUT2D eigenvalue weighted by Gasteiger charge is 2.24. The smallest absolute Gasteiger partial charge is 0.156 e. The lowest BCUT2D eigenvalue weighted by atomic mass is 9.96. The molecule has 8 aromatic rings. The molecule has 0 atom stereocenters. The molecule has 0 spiro atoms. The number of hydrogen-bond donors (Lipinski definition) is 1. The Labute approximate surface area is 375 Å². The summed E-state index contributed by atoms with van der Waals surface area (Å²) in [6.45, 7) is 16.3. The molecule has 0 radical (unpaired) electrons. The van der Waals surface area contributed by atoms with E-state index in [2.05, 4.69) is 67.7 Å². The number of fused-ring (bicyclic) bond motifs is 4. The number of hydrogen-bond acceptors (Lipinski definition) is 13. The van der Waals surface area contributed by atoms with Gasteiger partial charge in [0.2, 0.25) is 0 Å². The number of rotatable bonds is 5. The SMILES string of the molecule is CC=O.CCN1CCC(c2nnc3cc(-c4cc(C)c5nc(C)cn5n4)cc(F)c3n2)CC1.Cc1cn2nc(-c3cc(F)c4nc(C5CCNCC5)nnc4c3)cc(C)c2n1.Cl.Cl. The maximum atomic E-state index is 15.0. The summed E-state index contributed by atoms with van der Waals surface area (Å²) >= 11 is 0. The second kappa shape index (κ2) is 20.2. The van der Waals surface area contributed by atoms with Crippen molar-refractivity contribution in [3.05, 3.63) is 94.6 Å². The minimum atomic E-state index is -0.404. The molecule has 0 unspecified atom stereocenters. The van der Waals surface area contributed by atoms with Gasteiger partial charge in [-0.25, -0.2) is 37.7 Å². The minimum absolute atomic E-state index is 0. The summed E-state index contributed by atoms with van der Waals surface area (Å²) in [5, 5.41) is 29.7. The molecule has 0 amide bonds. The Bertz CT molecular complexity index is 2890. The molecule has 2 aliphatic rings. The number of aromatic nitrogens is 12. The van der Waals surface area contributed by atoms with E-state index in [0.717, 1.165) is 98.5 Å². The Kier molecular flexibility index (Phi) is 15.0. The molecule has 1 N–H and O–H groups in total. The zero-order chi connectivity index (χ0) is 42.8. The lowest BCUT2D eigenvalue weighted by molar-refractivity contribution is -0.106. The van der Waals surface area contributed by atoms with Gasteiger partial charge in [0.05, 0.1) is 35.2 Å². The molecule has 10 rings (SSSR count). The molecule has 0 bridgehead atoms. The van der Waals surface area contributed by atoms with Crippen molar-refractivity contribution in [3.63, 3.8) is 0 Å². The Morgan fingerprint density at radius 3 is 1.51 bits per heavy atom. The van der Waals surface area contributed by atoms with Crippen molar-refractivity contribution >= 4 is 64.5 Å². The zero-order valence-corrected chi connectivity index (χ0v) is 37.6. The molecule has 2 fully saturated rings. The van der Waals surface area contributed by atoms with E-state index in [1.54, 1.807) is 21.2 Å². The van der Waals surface area contributed by atoms with Gasteiger partial charge in [-0.2, -0.15) is 10.2 Å². The molecule has 0 saturated carbocycles. The maximum Gasteiger partial charge on any atom is 0.156 e. The van der Waals surface area contributed by atoms with Crippen LogP contribution in [-0.2, 0) is 4.79 Å². The standard InChI is InChI=1S/C22H24FN7.C20H20FN7.C2H4O.2ClH/c1-4-29-7-5-15(6-8-29)21-25-20-17(23)10-16(11-19(20)26-27-21)18-9-13(2)22-24-14(3)12-30(22)28-18;1-11-7-16(27-28-10-12(2)23-20(11)28)14-8-15(21)18-17(9-14)25-26-19(24-18)13-3-5-22-6-4-13;1-2-3;;/h9-12,15H,4-8H2,1-3H3;7-10,13,22H,3-6H2,1-2H3;2H,1H3;2*1H. The van der Waals surface area contributed by atoms with E-state index in [0.29, 0.717) is 45.2 Å². The van der Waals surface area contributed by atoms with Crippen LogP contribution in [0.25, 0.3) is 55.9 Å². The highest BCUT2D eigenvalue weighted by molar-refractivity contribution is 5.86. The molecule has 2 aromatic carbocycles. The molecule has 15 nitrogen and oxygen atoms in total. The van der Waals surface area contributed by atoms with E-state index in [4.69, 9.17) is 4.79 Å². The van der Waals surface area contributed by atoms with Crippen LogP contribution in [0.5, 0.6) is 0 Å². The third kappa shape index (κ3) is 10.1. The van der Waals surface area contributed by atoms with Gasteiger partial charge in [0.15, 0.2) is 34.6 Å². The largest absolute Gasteiger partial charge is 0.317 e. The molecule has 8 heterocycles. The third-order valence-corrected chi connectivity index (χ3v) is 11.2. The zero-order valence-electron chi connectivity index (χ0n) is 36.0. The normalized spacial score (nSPS) is 14.7. The number of benzene rings is 2. The second-order valence-corrected chi connectivity index (χ2v) is 15.7. The first-order chi connectivity index (χ1) is 29.5. The van der Waals surface area contributed by atoms with Crippen molar-refractivity contribution in [1.82, 2.24) is 69.8 Å². The summed E-state index contributed by atoms with van der Waals surface area (Å²) in [7, 11) is 0. The monoisotopic (exact) mass is 898 g/mol. The van der Waals surface area contributed by atoms with Crippen LogP contribution >= 0.6 is 24.8 Å². The molecule has 0 aliphatic carbocycles. The summed E-state index contributed by atoms with van der Waals surface area (Å²) < 4.78 is 33.4. The van der Waals surface area contributed by atoms with Gasteiger partial charge < -0.3 is 15.0 Å². The van der Waals surface area contributed by atoms with Gasteiger partial charge in [-0.1, -0.05) is 6.92 Å². The fraction of sp³-hybridized carbons (Fsp3) is 0.386. The van der Waals surface area contributed by atoms with Crippen molar-refractivity contribution in [2.45, 2.75) is 79.1 Å². The summed E-state index contributed by atoms with van der Waals surface area (Å²) in [4.78, 5) is 29.2. The van der Waals surface area contributed by atoms with Gasteiger partial charge in [0, 0.05) is 23.0 Å². The second-order valence-electron chi connectivity index (χ2n) is 15.7. The molecule has 6 aromatic heterocycles. The number of nitrogens with one attached hydrogen (secondary N) is 1. The Morgan fingerprint density at radius 2 is 1.08 bits per heavy atom. The van der Waals surface area contributed by atoms with E-state index in [1.807, 2.05) is 52.2 Å². The number of likely N-dealkylation sites (tertiary alicyclic amines) is 1. The molecule has 2 saturated heterocycles. The molecule has 63 heavy (non-hydrogen) atoms. The van der Waals surface area contributed by atoms with E-state index in [-0.39, 0.29) is 47.7 Å². The average molecular weight is 900 g/mol. The molecule has 330 valence electrons. The lowest BCUT2D eigenvalue weighted by Crippen LogP contribution is -2.33. The number of carbonyl (C=O) groups excluding carboxylic acids is 1. The van der Waals surface area contributed by atoms with Crippen LogP contribution in [-0.4, -0.2) is 103 Å². The lowest BCUT2D eigenvalue weighted by Gasteiger charge is -2.29. The Balaban J connectivity index is 0.000000192. The van der Waals surface area contributed by atoms with Gasteiger partial charge in [0.1, 0.15) is 28.4 Å². The fourth-order valence-corrected chi connectivity index (χ4v) is 8.03. The number of aryl methyl sites for hydroxylation is 4. The fourth-order valence-electron chi connectivity index (χ4n) is 8.03. The number of halogens is 4. The van der Waals surface area contributed by atoms with E-state index in [1.165, 1.54) is 19.1 Å². The number of nitrogens with zero attached hydrogens (tertiary/aromatic N) is 13. The van der Waals surface area contributed by atoms with Gasteiger partial charge in [-0.05, 0) is 141 Å². The van der Waals surface area contributed by atoms with Crippen LogP contribution in [0.1, 0.15) is 85.5 Å². The highest BCUT2D eigenvalue weighted by atomic mass is 35.5. The highest BCUT2D eigenvalue weighted by Crippen LogP contribution is 2.30. The van der Waals surface area contributed by atoms with Gasteiger partial charge in [0.25, 0.3) is 0 Å². The van der Waals surface area contributed by atoms with Gasteiger partial charge in [-0.3, -0.25) is 0 Å². The Morgan fingerprint density at radius 1 is 0.651 bits per heavy atom. The minimum Gasteiger partial charge on any atom is -0.317 e. The average Bonchev–Trinajstić information content (AvgIpc) is 3.85. The number of aldehydes is 1. The van der Waals surface area contributed by atoms with E-state index < -0.39 is 11.6 Å². The first-order valence-electron chi connectivity index (χ1n) is 20.7. The predicted molar refractivity (Wildman–Crippen MR) is 243 cm³/mol. The van der Waals surface area contributed by atoms with Crippen LogP contribution in [0.3, 0.4) is 0 Å². The van der Waals surface area contributed by atoms with Crippen molar-refractivity contribution in [2.75, 3.05) is 32.7 Å². The number of carbonyl (C=O) groups is 1. The summed E-state index contributed by atoms with van der Waals surface area (Å²) in [5.74, 6) is 0.942. The molecule has 2 aliphatic heterocycles. The van der Waals surface area contributed by atoms with E-state index >= 15 is 4.39 Å². The van der Waals surface area contributed by atoms with Crippen LogP contribution in [0.15, 0.2) is 48.8 Å². The molecular weight excluding hydrogens is 849 g/mol. The molecular formula is C44H50Cl2F2N14O. The molecule has 19 heteroatoms. The van der Waals surface area contributed by atoms with Crippen LogP contribution in [0.2, 0.25) is 0 Å². The summed E-state index contributed by atoms with van der Waals surface area (Å²) in [6.07, 6.45) is 8.32.